The van der Waals surface area contributed by atoms with Gasteiger partial charge in [-0.1, -0.05) is 0 Å². The Morgan fingerprint density at radius 3 is 2.42 bits per heavy atom. The maximum atomic E-state index is 12.5. The van der Waals surface area contributed by atoms with E-state index < -0.39 is 17.8 Å². The number of ether oxygens (including phenoxy) is 1. The molecule has 0 unspecified atom stereocenters. The molecule has 5 nitrogen and oxygen atoms in total. The van der Waals surface area contributed by atoms with Crippen LogP contribution < -0.4 is 16.0 Å². The van der Waals surface area contributed by atoms with Crippen molar-refractivity contribution in [3.05, 3.63) is 29.8 Å². The van der Waals surface area contributed by atoms with Gasteiger partial charge in [-0.15, -0.1) is 0 Å². The lowest BCUT2D eigenvalue weighted by Crippen LogP contribution is -2.47. The highest BCUT2D eigenvalue weighted by Crippen LogP contribution is 2.30. The number of piperidine rings is 1. The number of rotatable bonds is 5. The fourth-order valence-electron chi connectivity index (χ4n) is 2.82. The second-order valence-corrected chi connectivity index (χ2v) is 6.07. The maximum Gasteiger partial charge on any atom is 0.416 e. The van der Waals surface area contributed by atoms with Gasteiger partial charge in [0.1, 0.15) is 0 Å². The van der Waals surface area contributed by atoms with Crippen LogP contribution in [0.2, 0.25) is 0 Å². The Bertz CT molecular complexity index is 535. The van der Waals surface area contributed by atoms with E-state index in [-0.39, 0.29) is 5.41 Å². The third-order valence-corrected chi connectivity index (χ3v) is 4.21. The van der Waals surface area contributed by atoms with E-state index in [2.05, 4.69) is 16.0 Å². The van der Waals surface area contributed by atoms with Gasteiger partial charge in [-0.3, -0.25) is 0 Å². The molecule has 8 heteroatoms. The fourth-order valence-corrected chi connectivity index (χ4v) is 2.82. The zero-order valence-corrected chi connectivity index (χ0v) is 13.5. The topological polar surface area (TPSA) is 62.4 Å². The van der Waals surface area contributed by atoms with Gasteiger partial charge in [-0.2, -0.15) is 13.2 Å². The third-order valence-electron chi connectivity index (χ3n) is 4.21. The zero-order chi connectivity index (χ0) is 17.6. The lowest BCUT2D eigenvalue weighted by molar-refractivity contribution is -0.137. The van der Waals surface area contributed by atoms with Crippen molar-refractivity contribution in [1.82, 2.24) is 10.6 Å². The number of methoxy groups -OCH3 is 1. The minimum absolute atomic E-state index is 0.114. The van der Waals surface area contributed by atoms with Crippen molar-refractivity contribution in [3.63, 3.8) is 0 Å². The number of benzene rings is 1. The van der Waals surface area contributed by atoms with Crippen molar-refractivity contribution in [3.8, 4) is 0 Å². The highest BCUT2D eigenvalue weighted by Gasteiger charge is 2.32. The van der Waals surface area contributed by atoms with Crippen LogP contribution in [0.25, 0.3) is 0 Å². The Balaban J connectivity index is 1.88. The second kappa shape index (κ2) is 7.85. The molecule has 3 N–H and O–H groups in total. The zero-order valence-electron chi connectivity index (χ0n) is 13.5. The van der Waals surface area contributed by atoms with Crippen LogP contribution >= 0.6 is 0 Å². The summed E-state index contributed by atoms with van der Waals surface area (Å²) >= 11 is 0. The Morgan fingerprint density at radius 1 is 1.25 bits per heavy atom. The first kappa shape index (κ1) is 18.5. The Kier molecular flexibility index (Phi) is 6.06. The molecule has 134 valence electrons. The highest BCUT2D eigenvalue weighted by atomic mass is 19.4. The van der Waals surface area contributed by atoms with Gasteiger partial charge in [-0.25, -0.2) is 4.79 Å². The summed E-state index contributed by atoms with van der Waals surface area (Å²) in [5.41, 5.74) is -0.550. The molecule has 24 heavy (non-hydrogen) atoms. The minimum atomic E-state index is -4.39. The summed E-state index contributed by atoms with van der Waals surface area (Å²) in [5, 5.41) is 8.60. The smallest absolute Gasteiger partial charge is 0.384 e. The predicted octanol–water partition coefficient (Wildman–Crippen LogP) is 2.84. The maximum absolute atomic E-state index is 12.5. The van der Waals surface area contributed by atoms with Crippen LogP contribution in [0.4, 0.5) is 23.7 Å². The molecule has 1 saturated heterocycles. The third kappa shape index (κ3) is 5.10. The van der Waals surface area contributed by atoms with Crippen molar-refractivity contribution >= 4 is 11.7 Å². The Morgan fingerprint density at radius 2 is 1.88 bits per heavy atom. The average molecular weight is 345 g/mol. The number of nitrogens with one attached hydrogen (secondary N) is 3. The summed E-state index contributed by atoms with van der Waals surface area (Å²) < 4.78 is 42.8. The van der Waals surface area contributed by atoms with Crippen LogP contribution in [0.1, 0.15) is 18.4 Å². The van der Waals surface area contributed by atoms with Crippen LogP contribution in [0.3, 0.4) is 0 Å². The number of urea groups is 1. The van der Waals surface area contributed by atoms with Gasteiger partial charge in [0, 0.05) is 24.8 Å². The molecule has 0 aromatic heterocycles. The van der Waals surface area contributed by atoms with Crippen LogP contribution in [0, 0.1) is 5.41 Å². The van der Waals surface area contributed by atoms with Crippen molar-refractivity contribution in [2.75, 3.05) is 38.7 Å². The van der Waals surface area contributed by atoms with Crippen molar-refractivity contribution in [1.29, 1.82) is 0 Å². The molecule has 1 aliphatic heterocycles. The first-order valence-corrected chi connectivity index (χ1v) is 7.76. The van der Waals surface area contributed by atoms with E-state index in [0.29, 0.717) is 18.8 Å². The molecule has 1 heterocycles. The Labute approximate surface area is 138 Å². The summed E-state index contributed by atoms with van der Waals surface area (Å²) in [6, 6.07) is 3.91. The lowest BCUT2D eigenvalue weighted by atomic mass is 9.79. The number of carbonyl (C=O) groups is 1. The number of anilines is 1. The molecule has 2 rings (SSSR count). The number of carbonyl (C=O) groups excluding carboxylic acids is 1. The van der Waals surface area contributed by atoms with E-state index >= 15 is 0 Å². The molecule has 0 bridgehead atoms. The summed E-state index contributed by atoms with van der Waals surface area (Å²) in [6.07, 6.45) is -2.61. The van der Waals surface area contributed by atoms with Crippen LogP contribution in [0.15, 0.2) is 24.3 Å². The molecule has 0 aliphatic carbocycles. The molecular weight excluding hydrogens is 323 g/mol. The highest BCUT2D eigenvalue weighted by molar-refractivity contribution is 5.89. The summed E-state index contributed by atoms with van der Waals surface area (Å²) in [6.45, 7) is 2.74. The second-order valence-electron chi connectivity index (χ2n) is 6.07. The van der Waals surface area contributed by atoms with E-state index in [0.717, 1.165) is 38.1 Å². The quantitative estimate of drug-likeness (QED) is 0.769. The minimum Gasteiger partial charge on any atom is -0.384 e. The normalized spacial score (nSPS) is 17.3. The summed E-state index contributed by atoms with van der Waals surface area (Å²) in [5.74, 6) is 0. The molecule has 1 aromatic rings. The van der Waals surface area contributed by atoms with Crippen LogP contribution in [-0.2, 0) is 10.9 Å². The lowest BCUT2D eigenvalue weighted by Gasteiger charge is -2.37. The first-order valence-electron chi connectivity index (χ1n) is 7.76. The van der Waals surface area contributed by atoms with Gasteiger partial charge in [0.15, 0.2) is 0 Å². The average Bonchev–Trinajstić information content (AvgIpc) is 2.54. The predicted molar refractivity (Wildman–Crippen MR) is 84.9 cm³/mol. The van der Waals surface area contributed by atoms with Gasteiger partial charge in [0.2, 0.25) is 0 Å². The molecule has 0 saturated carbocycles. The SMILES string of the molecule is COCC1(CNC(=O)Nc2ccc(C(F)(F)F)cc2)CCNCC1. The number of hydrogen-bond donors (Lipinski definition) is 3. The molecule has 1 aliphatic rings. The van der Waals surface area contributed by atoms with E-state index in [1.165, 1.54) is 12.1 Å². The van der Waals surface area contributed by atoms with Crippen molar-refractivity contribution in [2.24, 2.45) is 5.41 Å². The summed E-state index contributed by atoms with van der Waals surface area (Å²) in [4.78, 5) is 12.0. The number of alkyl halides is 3. The van der Waals surface area contributed by atoms with Crippen molar-refractivity contribution in [2.45, 2.75) is 19.0 Å². The first-order chi connectivity index (χ1) is 11.3. The standard InChI is InChI=1S/C16H22F3N3O2/c1-24-11-15(6-8-20-9-7-15)10-21-14(23)22-13-4-2-12(3-5-13)16(17,18)19/h2-5,20H,6-11H2,1H3,(H2,21,22,23). The molecular formula is C16H22F3N3O2. The van der Waals surface area contributed by atoms with Crippen LogP contribution in [0.5, 0.6) is 0 Å². The van der Waals surface area contributed by atoms with E-state index in [9.17, 15) is 18.0 Å². The van der Waals surface area contributed by atoms with Gasteiger partial charge < -0.3 is 20.7 Å². The Hall–Kier alpha value is -1.80. The van der Waals surface area contributed by atoms with E-state index in [4.69, 9.17) is 4.74 Å². The van der Waals surface area contributed by atoms with Gasteiger partial charge in [0.25, 0.3) is 0 Å². The van der Waals surface area contributed by atoms with E-state index in [1.54, 1.807) is 7.11 Å². The molecule has 0 radical (unpaired) electrons. The largest absolute Gasteiger partial charge is 0.416 e. The van der Waals surface area contributed by atoms with Gasteiger partial charge >= 0.3 is 12.2 Å². The number of hydrogen-bond acceptors (Lipinski definition) is 3. The molecule has 1 aromatic carbocycles. The van der Waals surface area contributed by atoms with Gasteiger partial charge in [0.05, 0.1) is 12.2 Å². The van der Waals surface area contributed by atoms with Crippen molar-refractivity contribution < 1.29 is 22.7 Å². The van der Waals surface area contributed by atoms with E-state index in [1.807, 2.05) is 0 Å². The molecule has 0 atom stereocenters. The van der Waals surface area contributed by atoms with Crippen LogP contribution in [-0.4, -0.2) is 39.4 Å². The summed E-state index contributed by atoms with van der Waals surface area (Å²) in [7, 11) is 1.63. The fraction of sp³-hybridized carbons (Fsp3) is 0.562. The monoisotopic (exact) mass is 345 g/mol. The van der Waals surface area contributed by atoms with Gasteiger partial charge in [-0.05, 0) is 50.2 Å². The molecule has 1 fully saturated rings. The molecule has 0 spiro atoms. The number of amides is 2. The molecule has 2 amide bonds. The number of halogens is 3.